The van der Waals surface area contributed by atoms with Gasteiger partial charge in [-0.15, -0.1) is 0 Å². The average Bonchev–Trinajstić information content (AvgIpc) is 3.07. The fraction of sp³-hybridized carbons (Fsp3) is 0.692. The van der Waals surface area contributed by atoms with E-state index in [4.69, 9.17) is 18.9 Å². The quantitative estimate of drug-likeness (QED) is 0.247. The number of allylic oxidation sites excluding steroid dienone is 2. The fourth-order valence-electron chi connectivity index (χ4n) is 6.46. The van der Waals surface area contributed by atoms with E-state index in [1.807, 2.05) is 13.0 Å². The molecule has 0 radical (unpaired) electrons. The molecule has 0 aromatic carbocycles. The van der Waals surface area contributed by atoms with E-state index in [1.54, 1.807) is 0 Å². The molecule has 2 saturated carbocycles. The Labute approximate surface area is 201 Å². The molecule has 3 aliphatic rings. The summed E-state index contributed by atoms with van der Waals surface area (Å²) in [7, 11) is 0. The molecule has 6 atom stereocenters. The summed E-state index contributed by atoms with van der Waals surface area (Å²) >= 11 is 0. The Bertz CT molecular complexity index is 904. The molecule has 2 aliphatic carbocycles. The zero-order valence-electron chi connectivity index (χ0n) is 20.8. The number of ether oxygens (including phenoxy) is 4. The number of cyclic esters (lactones) is 1. The minimum absolute atomic E-state index is 0.0280. The maximum Gasteiger partial charge on any atom is 0.337 e. The van der Waals surface area contributed by atoms with Gasteiger partial charge in [0.05, 0.1) is 5.57 Å². The van der Waals surface area contributed by atoms with E-state index in [0.717, 1.165) is 24.8 Å². The first kappa shape index (κ1) is 26.0. The average molecular weight is 477 g/mol. The van der Waals surface area contributed by atoms with Crippen LogP contribution in [0.4, 0.5) is 0 Å². The summed E-state index contributed by atoms with van der Waals surface area (Å²) in [4.78, 5) is 47.2. The topological polar surface area (TPSA) is 105 Å². The van der Waals surface area contributed by atoms with E-state index >= 15 is 0 Å². The van der Waals surface area contributed by atoms with Crippen molar-refractivity contribution in [2.24, 2.45) is 22.7 Å². The Balaban J connectivity index is 1.91. The second-order valence-electron chi connectivity index (χ2n) is 10.3. The van der Waals surface area contributed by atoms with Crippen molar-refractivity contribution in [1.82, 2.24) is 0 Å². The van der Waals surface area contributed by atoms with Crippen molar-refractivity contribution in [3.05, 3.63) is 23.8 Å². The lowest BCUT2D eigenvalue weighted by Crippen LogP contribution is -2.58. The molecular formula is C26H36O8. The molecule has 3 rings (SSSR count). The van der Waals surface area contributed by atoms with Crippen LogP contribution in [0.15, 0.2) is 23.8 Å². The zero-order valence-corrected chi connectivity index (χ0v) is 20.8. The zero-order chi connectivity index (χ0) is 25.3. The fourth-order valence-corrected chi connectivity index (χ4v) is 6.46. The molecule has 8 nitrogen and oxygen atoms in total. The molecule has 0 aromatic heterocycles. The summed E-state index contributed by atoms with van der Waals surface area (Å²) < 4.78 is 21.6. The number of hydrogen-bond acceptors (Lipinski definition) is 8. The highest BCUT2D eigenvalue weighted by molar-refractivity contribution is 5.92. The highest BCUT2D eigenvalue weighted by Crippen LogP contribution is 2.62. The van der Waals surface area contributed by atoms with Gasteiger partial charge in [0.15, 0.2) is 6.10 Å². The number of fused-ring (bicyclic) bond motifs is 1. The molecule has 34 heavy (non-hydrogen) atoms. The lowest BCUT2D eigenvalue weighted by Gasteiger charge is -2.60. The maximum atomic E-state index is 12.3. The standard InChI is InChI=1S/C26H36O8/c1-15-7-10-22-25(5,12-11-23(34-18(4)29)26(22,6)14-32-16(2)27)20(15)9-8-19-21(33-17(3)28)13-31-24(19)30/h8,20-23H,1,7,9-14H2,2-6H3/b19-8+/t20-,21+,22+,23+,25-,26-/m0/s1. The van der Waals surface area contributed by atoms with Crippen LogP contribution in [0.2, 0.25) is 0 Å². The van der Waals surface area contributed by atoms with Crippen LogP contribution in [-0.4, -0.2) is 49.3 Å². The van der Waals surface area contributed by atoms with Crippen LogP contribution in [0.1, 0.15) is 66.7 Å². The molecule has 1 saturated heterocycles. The third-order valence-corrected chi connectivity index (χ3v) is 8.04. The molecule has 0 bridgehead atoms. The van der Waals surface area contributed by atoms with Gasteiger partial charge in [-0.05, 0) is 49.4 Å². The third-order valence-electron chi connectivity index (χ3n) is 8.04. The molecule has 0 spiro atoms. The minimum Gasteiger partial charge on any atom is -0.465 e. The monoisotopic (exact) mass is 476 g/mol. The largest absolute Gasteiger partial charge is 0.465 e. The van der Waals surface area contributed by atoms with Gasteiger partial charge in [0.2, 0.25) is 0 Å². The van der Waals surface area contributed by atoms with Crippen molar-refractivity contribution in [2.45, 2.75) is 78.9 Å². The normalized spacial score (nSPS) is 36.4. The first-order chi connectivity index (χ1) is 15.9. The van der Waals surface area contributed by atoms with Crippen LogP contribution in [-0.2, 0) is 38.1 Å². The highest BCUT2D eigenvalue weighted by atomic mass is 16.6. The van der Waals surface area contributed by atoms with Crippen molar-refractivity contribution in [3.63, 3.8) is 0 Å². The number of esters is 4. The van der Waals surface area contributed by atoms with Gasteiger partial charge in [-0.2, -0.15) is 0 Å². The van der Waals surface area contributed by atoms with Crippen molar-refractivity contribution in [1.29, 1.82) is 0 Å². The van der Waals surface area contributed by atoms with Gasteiger partial charge in [0.25, 0.3) is 0 Å². The summed E-state index contributed by atoms with van der Waals surface area (Å²) in [5, 5.41) is 0. The van der Waals surface area contributed by atoms with Gasteiger partial charge in [-0.25, -0.2) is 4.79 Å². The van der Waals surface area contributed by atoms with Crippen LogP contribution in [0.3, 0.4) is 0 Å². The molecule has 1 heterocycles. The predicted molar refractivity (Wildman–Crippen MR) is 122 cm³/mol. The molecule has 8 heteroatoms. The number of hydrogen-bond donors (Lipinski definition) is 0. The first-order valence-corrected chi connectivity index (χ1v) is 11.9. The summed E-state index contributed by atoms with van der Waals surface area (Å²) in [6.45, 7) is 12.9. The highest BCUT2D eigenvalue weighted by Gasteiger charge is 2.59. The summed E-state index contributed by atoms with van der Waals surface area (Å²) in [5.41, 5.74) is 0.706. The van der Waals surface area contributed by atoms with E-state index in [2.05, 4.69) is 13.5 Å². The van der Waals surface area contributed by atoms with Crippen LogP contribution >= 0.6 is 0 Å². The van der Waals surface area contributed by atoms with E-state index in [-0.39, 0.29) is 48.5 Å². The summed E-state index contributed by atoms with van der Waals surface area (Å²) in [5.74, 6) is -1.49. The summed E-state index contributed by atoms with van der Waals surface area (Å²) in [6.07, 6.45) is 4.40. The molecule has 0 N–H and O–H groups in total. The van der Waals surface area contributed by atoms with E-state index in [9.17, 15) is 19.2 Å². The second-order valence-corrected chi connectivity index (χ2v) is 10.3. The van der Waals surface area contributed by atoms with Crippen molar-refractivity contribution in [3.8, 4) is 0 Å². The van der Waals surface area contributed by atoms with Crippen LogP contribution in [0, 0.1) is 22.7 Å². The summed E-state index contributed by atoms with van der Waals surface area (Å²) in [6, 6.07) is 0. The second kappa shape index (κ2) is 9.92. The Morgan fingerprint density at radius 3 is 2.38 bits per heavy atom. The van der Waals surface area contributed by atoms with E-state index in [1.165, 1.54) is 20.8 Å². The Hall–Kier alpha value is -2.64. The molecule has 0 aromatic rings. The lowest BCUT2D eigenvalue weighted by molar-refractivity contribution is -0.191. The smallest absolute Gasteiger partial charge is 0.337 e. The van der Waals surface area contributed by atoms with Crippen LogP contribution in [0.25, 0.3) is 0 Å². The van der Waals surface area contributed by atoms with Gasteiger partial charge in [0.1, 0.15) is 19.3 Å². The van der Waals surface area contributed by atoms with Crippen LogP contribution in [0.5, 0.6) is 0 Å². The maximum absolute atomic E-state index is 12.3. The van der Waals surface area contributed by atoms with Gasteiger partial charge < -0.3 is 18.9 Å². The lowest BCUT2D eigenvalue weighted by atomic mass is 9.46. The predicted octanol–water partition coefficient (Wildman–Crippen LogP) is 3.68. The van der Waals surface area contributed by atoms with Gasteiger partial charge in [-0.3, -0.25) is 14.4 Å². The van der Waals surface area contributed by atoms with Gasteiger partial charge in [0, 0.05) is 26.2 Å². The van der Waals surface area contributed by atoms with Gasteiger partial charge >= 0.3 is 23.9 Å². The van der Waals surface area contributed by atoms with Crippen molar-refractivity contribution >= 4 is 23.9 Å². The number of carbonyl (C=O) groups excluding carboxylic acids is 4. The molecule has 0 amide bonds. The molecular weight excluding hydrogens is 440 g/mol. The van der Waals surface area contributed by atoms with Crippen LogP contribution < -0.4 is 0 Å². The molecule has 3 fully saturated rings. The third kappa shape index (κ3) is 5.05. The van der Waals surface area contributed by atoms with E-state index in [0.29, 0.717) is 18.4 Å². The first-order valence-electron chi connectivity index (χ1n) is 11.9. The van der Waals surface area contributed by atoms with Gasteiger partial charge in [-0.1, -0.05) is 32.1 Å². The Morgan fingerprint density at radius 2 is 1.76 bits per heavy atom. The Kier molecular flexibility index (Phi) is 7.58. The number of carbonyl (C=O) groups is 4. The SMILES string of the molecule is C=C1CC[C@H]2[C@](C)(COC(C)=O)[C@H](OC(C)=O)CC[C@@]2(C)[C@H]1C/C=C1/C(=O)OC[C@H]1OC(C)=O. The Morgan fingerprint density at radius 1 is 1.09 bits per heavy atom. The number of rotatable bonds is 6. The molecule has 1 aliphatic heterocycles. The minimum atomic E-state index is -0.695. The van der Waals surface area contributed by atoms with E-state index < -0.39 is 23.5 Å². The molecule has 188 valence electrons. The van der Waals surface area contributed by atoms with Crippen molar-refractivity contribution < 1.29 is 38.1 Å². The van der Waals surface area contributed by atoms with Crippen molar-refractivity contribution in [2.75, 3.05) is 13.2 Å². The molecule has 0 unspecified atom stereocenters.